The lowest BCUT2D eigenvalue weighted by atomic mass is 9.94. The van der Waals surface area contributed by atoms with Crippen molar-refractivity contribution in [2.45, 2.75) is 12.6 Å². The number of aliphatic hydroxyl groups excluding tert-OH is 2. The van der Waals surface area contributed by atoms with Gasteiger partial charge in [-0.3, -0.25) is 4.79 Å². The molecule has 1 aromatic carbocycles. The van der Waals surface area contributed by atoms with Crippen molar-refractivity contribution in [2.75, 3.05) is 26.3 Å². The summed E-state index contributed by atoms with van der Waals surface area (Å²) in [6.07, 6.45) is -4.08. The zero-order chi connectivity index (χ0) is 17.2. The zero-order valence-corrected chi connectivity index (χ0v) is 13.8. The van der Waals surface area contributed by atoms with Gasteiger partial charge >= 0.3 is 6.18 Å². The Bertz CT molecular complexity index is 580. The van der Waals surface area contributed by atoms with E-state index in [2.05, 4.69) is 15.9 Å². The Morgan fingerprint density at radius 2 is 1.91 bits per heavy atom. The van der Waals surface area contributed by atoms with Crippen LogP contribution in [0.2, 0.25) is 0 Å². The molecule has 2 N–H and O–H groups in total. The van der Waals surface area contributed by atoms with E-state index in [-0.39, 0.29) is 37.2 Å². The maximum absolute atomic E-state index is 12.8. The maximum Gasteiger partial charge on any atom is 0.416 e. The van der Waals surface area contributed by atoms with Gasteiger partial charge in [-0.15, -0.1) is 0 Å². The van der Waals surface area contributed by atoms with Crippen molar-refractivity contribution in [1.29, 1.82) is 0 Å². The van der Waals surface area contributed by atoms with Crippen LogP contribution in [0, 0.1) is 11.8 Å². The molecule has 0 saturated carbocycles. The topological polar surface area (TPSA) is 60.8 Å². The van der Waals surface area contributed by atoms with Crippen molar-refractivity contribution < 1.29 is 28.2 Å². The highest BCUT2D eigenvalue weighted by Gasteiger charge is 2.36. The minimum Gasteiger partial charge on any atom is -0.396 e. The Morgan fingerprint density at radius 1 is 1.26 bits per heavy atom. The molecule has 0 radical (unpaired) electrons. The van der Waals surface area contributed by atoms with Gasteiger partial charge in [0.1, 0.15) is 0 Å². The lowest BCUT2D eigenvalue weighted by Gasteiger charge is -2.18. The first-order valence-electron chi connectivity index (χ1n) is 7.15. The number of carbonyl (C=O) groups excluding carboxylic acids is 1. The van der Waals surface area contributed by atoms with Crippen molar-refractivity contribution in [3.8, 4) is 0 Å². The van der Waals surface area contributed by atoms with Gasteiger partial charge in [0.25, 0.3) is 5.91 Å². The summed E-state index contributed by atoms with van der Waals surface area (Å²) < 4.78 is 38.7. The van der Waals surface area contributed by atoms with E-state index in [0.717, 1.165) is 12.1 Å². The Balaban J connectivity index is 2.24. The molecule has 1 fully saturated rings. The van der Waals surface area contributed by atoms with E-state index >= 15 is 0 Å². The predicted molar refractivity (Wildman–Crippen MR) is 80.8 cm³/mol. The summed E-state index contributed by atoms with van der Waals surface area (Å²) in [5.41, 5.74) is -0.935. The van der Waals surface area contributed by atoms with E-state index in [0.29, 0.717) is 17.4 Å². The molecular weight excluding hydrogens is 379 g/mol. The summed E-state index contributed by atoms with van der Waals surface area (Å²) in [6.45, 7) is 0.394. The maximum atomic E-state index is 12.8. The van der Waals surface area contributed by atoms with Gasteiger partial charge in [-0.1, -0.05) is 0 Å². The first-order valence-corrected chi connectivity index (χ1v) is 7.95. The second-order valence-electron chi connectivity index (χ2n) is 5.62. The first kappa shape index (κ1) is 18.2. The van der Waals surface area contributed by atoms with Crippen molar-refractivity contribution in [3.63, 3.8) is 0 Å². The van der Waals surface area contributed by atoms with Gasteiger partial charge < -0.3 is 15.1 Å². The molecule has 128 valence electrons. The van der Waals surface area contributed by atoms with Crippen LogP contribution in [0.4, 0.5) is 13.2 Å². The number of carbonyl (C=O) groups is 1. The minimum absolute atomic E-state index is 0.0545. The van der Waals surface area contributed by atoms with Crippen LogP contribution in [0.25, 0.3) is 0 Å². The Hall–Kier alpha value is -1.12. The number of alkyl halides is 3. The van der Waals surface area contributed by atoms with E-state index in [1.165, 1.54) is 11.0 Å². The normalized spacial score (nSPS) is 21.7. The molecule has 23 heavy (non-hydrogen) atoms. The number of rotatable bonds is 4. The van der Waals surface area contributed by atoms with Crippen molar-refractivity contribution >= 4 is 21.8 Å². The van der Waals surface area contributed by atoms with Crippen LogP contribution in [-0.4, -0.2) is 47.3 Å². The Labute approximate surface area is 140 Å². The highest BCUT2D eigenvalue weighted by atomic mass is 79.9. The van der Waals surface area contributed by atoms with Crippen LogP contribution in [0.15, 0.2) is 22.7 Å². The molecule has 0 aromatic heterocycles. The summed E-state index contributed by atoms with van der Waals surface area (Å²) >= 11 is 3.12. The molecular formula is C15H17BrF3NO3. The third kappa shape index (κ3) is 4.05. The molecule has 2 atom stereocenters. The van der Waals surface area contributed by atoms with Gasteiger partial charge in [0, 0.05) is 36.7 Å². The lowest BCUT2D eigenvalue weighted by Crippen LogP contribution is -2.30. The number of amides is 1. The summed E-state index contributed by atoms with van der Waals surface area (Å²) in [5, 5.41) is 18.4. The predicted octanol–water partition coefficient (Wildman–Crippen LogP) is 2.53. The molecule has 8 heteroatoms. The van der Waals surface area contributed by atoms with E-state index in [9.17, 15) is 23.1 Å². The highest BCUT2D eigenvalue weighted by Crippen LogP contribution is 2.33. The molecule has 1 amide bonds. The smallest absolute Gasteiger partial charge is 0.396 e. The quantitative estimate of drug-likeness (QED) is 0.823. The van der Waals surface area contributed by atoms with Gasteiger partial charge in [0.15, 0.2) is 0 Å². The summed E-state index contributed by atoms with van der Waals surface area (Å²) in [6, 6.07) is 2.95. The van der Waals surface area contributed by atoms with Crippen LogP contribution in [0.5, 0.6) is 0 Å². The van der Waals surface area contributed by atoms with E-state index in [1.54, 1.807) is 0 Å². The van der Waals surface area contributed by atoms with Gasteiger partial charge in [-0.25, -0.2) is 0 Å². The number of hydrogen-bond acceptors (Lipinski definition) is 3. The number of benzene rings is 1. The monoisotopic (exact) mass is 395 g/mol. The van der Waals surface area contributed by atoms with Crippen LogP contribution in [0.3, 0.4) is 0 Å². The second-order valence-corrected chi connectivity index (χ2v) is 6.47. The first-order chi connectivity index (χ1) is 10.8. The SMILES string of the molecule is O=C(c1cc(C(F)(F)F)ccc1Br)N1CC(CO)C(CCO)C1. The number of hydrogen-bond donors (Lipinski definition) is 2. The van der Waals surface area contributed by atoms with Gasteiger partial charge in [0.2, 0.25) is 0 Å². The average molecular weight is 396 g/mol. The Kier molecular flexibility index (Phi) is 5.70. The largest absolute Gasteiger partial charge is 0.416 e. The molecule has 0 bridgehead atoms. The fraction of sp³-hybridized carbons (Fsp3) is 0.533. The van der Waals surface area contributed by atoms with Crippen LogP contribution < -0.4 is 0 Å². The standard InChI is InChI=1S/C15H17BrF3NO3/c16-13-2-1-11(15(17,18)19)5-12(13)14(23)20-6-9(3-4-21)10(7-20)8-22/h1-2,5,9-10,21-22H,3-4,6-8H2. The van der Waals surface area contributed by atoms with Crippen molar-refractivity contribution in [2.24, 2.45) is 11.8 Å². The summed E-state index contributed by atoms with van der Waals surface area (Å²) in [5.74, 6) is -0.740. The van der Waals surface area contributed by atoms with Crippen LogP contribution in [-0.2, 0) is 6.18 Å². The van der Waals surface area contributed by atoms with Crippen molar-refractivity contribution in [3.05, 3.63) is 33.8 Å². The van der Waals surface area contributed by atoms with Crippen molar-refractivity contribution in [1.82, 2.24) is 4.90 Å². The number of aliphatic hydroxyl groups is 2. The molecule has 0 aliphatic carbocycles. The molecule has 2 unspecified atom stereocenters. The number of halogens is 4. The zero-order valence-electron chi connectivity index (χ0n) is 12.2. The van der Waals surface area contributed by atoms with Gasteiger partial charge in [-0.05, 0) is 46.5 Å². The summed E-state index contributed by atoms with van der Waals surface area (Å²) in [7, 11) is 0. The number of nitrogens with zero attached hydrogens (tertiary/aromatic N) is 1. The molecule has 1 aliphatic heterocycles. The molecule has 2 rings (SSSR count). The molecule has 1 aliphatic rings. The molecule has 1 saturated heterocycles. The second kappa shape index (κ2) is 7.19. The van der Waals surface area contributed by atoms with E-state index < -0.39 is 17.6 Å². The third-order valence-electron chi connectivity index (χ3n) is 4.12. The molecule has 4 nitrogen and oxygen atoms in total. The van der Waals surface area contributed by atoms with Gasteiger partial charge in [0.05, 0.1) is 11.1 Å². The molecule has 1 aromatic rings. The van der Waals surface area contributed by atoms with Crippen LogP contribution >= 0.6 is 15.9 Å². The minimum atomic E-state index is -4.52. The molecule has 1 heterocycles. The number of likely N-dealkylation sites (tertiary alicyclic amines) is 1. The van der Waals surface area contributed by atoms with E-state index in [1.807, 2.05) is 0 Å². The van der Waals surface area contributed by atoms with E-state index in [4.69, 9.17) is 5.11 Å². The highest BCUT2D eigenvalue weighted by molar-refractivity contribution is 9.10. The Morgan fingerprint density at radius 3 is 2.48 bits per heavy atom. The fourth-order valence-electron chi connectivity index (χ4n) is 2.84. The van der Waals surface area contributed by atoms with Crippen LogP contribution in [0.1, 0.15) is 22.3 Å². The lowest BCUT2D eigenvalue weighted by molar-refractivity contribution is -0.137. The average Bonchev–Trinajstić information content (AvgIpc) is 2.89. The third-order valence-corrected chi connectivity index (χ3v) is 4.81. The van der Waals surface area contributed by atoms with Gasteiger partial charge in [-0.2, -0.15) is 13.2 Å². The summed E-state index contributed by atoms with van der Waals surface area (Å²) in [4.78, 5) is 14.0. The molecule has 0 spiro atoms. The fourth-order valence-corrected chi connectivity index (χ4v) is 3.26.